The second-order valence-corrected chi connectivity index (χ2v) is 7.00. The van der Waals surface area contributed by atoms with Crippen molar-refractivity contribution in [3.05, 3.63) is 12.0 Å². The van der Waals surface area contributed by atoms with Crippen LogP contribution in [0.5, 0.6) is 0 Å². The van der Waals surface area contributed by atoms with Crippen LogP contribution in [0.2, 0.25) is 0 Å². The number of esters is 1. The molecule has 1 saturated carbocycles. The van der Waals surface area contributed by atoms with Crippen molar-refractivity contribution in [3.8, 4) is 0 Å². The van der Waals surface area contributed by atoms with Gasteiger partial charge in [-0.3, -0.25) is 10.6 Å². The number of halogens is 1. The van der Waals surface area contributed by atoms with Crippen LogP contribution in [-0.4, -0.2) is 63.4 Å². The molecule has 0 spiro atoms. The number of carbonyl (C=O) groups is 2. The molecule has 2 heterocycles. The number of nitrogens with one attached hydrogen (secondary N) is 1. The first-order valence-electron chi connectivity index (χ1n) is 8.74. The molecule has 26 heavy (non-hydrogen) atoms. The van der Waals surface area contributed by atoms with Crippen molar-refractivity contribution in [3.63, 3.8) is 0 Å². The minimum absolute atomic E-state index is 0.351. The molecule has 10 heteroatoms. The smallest absolute Gasteiger partial charge is 0.354 e. The summed E-state index contributed by atoms with van der Waals surface area (Å²) in [6, 6.07) is -0.945. The molecule has 1 aliphatic carbocycles. The lowest BCUT2D eigenvalue weighted by atomic mass is 9.97. The Morgan fingerprint density at radius 3 is 2.62 bits per heavy atom. The lowest BCUT2D eigenvalue weighted by Crippen LogP contribution is -2.68. The van der Waals surface area contributed by atoms with Gasteiger partial charge < -0.3 is 25.0 Å². The Balaban J connectivity index is 1.75. The quantitative estimate of drug-likeness (QED) is 0.504. The van der Waals surface area contributed by atoms with Crippen molar-refractivity contribution >= 4 is 12.0 Å². The van der Waals surface area contributed by atoms with Gasteiger partial charge in [0.05, 0.1) is 6.10 Å². The minimum atomic E-state index is -2.43. The summed E-state index contributed by atoms with van der Waals surface area (Å²) >= 11 is 0. The summed E-state index contributed by atoms with van der Waals surface area (Å²) in [7, 11) is 0. The van der Waals surface area contributed by atoms with Gasteiger partial charge in [0, 0.05) is 6.20 Å². The number of urea groups is 1. The van der Waals surface area contributed by atoms with Crippen molar-refractivity contribution in [1.29, 1.82) is 0 Å². The average Bonchev–Trinajstić information content (AvgIpc) is 2.86. The maximum Gasteiger partial charge on any atom is 0.354 e. The van der Waals surface area contributed by atoms with Crippen LogP contribution in [0.3, 0.4) is 0 Å². The molecule has 2 aliphatic heterocycles. The minimum Gasteiger partial charge on any atom is -0.459 e. The monoisotopic (exact) mass is 373 g/mol. The van der Waals surface area contributed by atoms with Crippen LogP contribution in [0, 0.1) is 0 Å². The highest BCUT2D eigenvalue weighted by Crippen LogP contribution is 2.30. The Labute approximate surface area is 149 Å². The van der Waals surface area contributed by atoms with Gasteiger partial charge in [-0.15, -0.1) is 0 Å². The Bertz CT molecular complexity index is 611. The lowest BCUT2D eigenvalue weighted by Gasteiger charge is -2.37. The number of nitrogens with two attached hydrogens (primary N) is 1. The highest BCUT2D eigenvalue weighted by Gasteiger charge is 2.52. The zero-order valence-corrected chi connectivity index (χ0v) is 14.4. The maximum atomic E-state index is 14.6. The van der Waals surface area contributed by atoms with Gasteiger partial charge in [0.1, 0.15) is 18.3 Å². The summed E-state index contributed by atoms with van der Waals surface area (Å²) < 4.78 is 25.2. The predicted octanol–water partition coefficient (Wildman–Crippen LogP) is -0.180. The number of nitrogens with zero attached hydrogens (tertiary/aromatic N) is 1. The highest BCUT2D eigenvalue weighted by molar-refractivity contribution is 5.91. The second-order valence-electron chi connectivity index (χ2n) is 7.00. The number of aliphatic hydroxyl groups excluding tert-OH is 2. The molecule has 2 amide bonds. The molecule has 0 bridgehead atoms. The van der Waals surface area contributed by atoms with E-state index in [1.54, 1.807) is 0 Å². The van der Waals surface area contributed by atoms with Crippen molar-refractivity contribution in [1.82, 2.24) is 10.2 Å². The van der Waals surface area contributed by atoms with Crippen LogP contribution < -0.4 is 11.1 Å². The van der Waals surface area contributed by atoms with Gasteiger partial charge in [-0.05, 0) is 32.6 Å². The number of carbonyl (C=O) groups excluding carboxylic acids is 2. The van der Waals surface area contributed by atoms with Crippen LogP contribution in [-0.2, 0) is 14.3 Å². The van der Waals surface area contributed by atoms with E-state index in [-0.39, 0.29) is 6.10 Å². The molecule has 5 N–H and O–H groups in total. The van der Waals surface area contributed by atoms with Gasteiger partial charge in [0.25, 0.3) is 0 Å². The number of hydrogen-bond donors (Lipinski definition) is 4. The molecule has 9 nitrogen and oxygen atoms in total. The fourth-order valence-corrected chi connectivity index (χ4v) is 3.40. The summed E-state index contributed by atoms with van der Waals surface area (Å²) in [4.78, 5) is 25.4. The number of amides is 2. The third-order valence-electron chi connectivity index (χ3n) is 5.07. The third kappa shape index (κ3) is 3.29. The van der Waals surface area contributed by atoms with Crippen LogP contribution in [0.25, 0.3) is 0 Å². The molecule has 5 atom stereocenters. The van der Waals surface area contributed by atoms with Crippen molar-refractivity contribution in [2.24, 2.45) is 5.73 Å². The molecule has 3 rings (SSSR count). The molecular weight excluding hydrogens is 349 g/mol. The molecule has 3 aliphatic rings. The first-order chi connectivity index (χ1) is 12.2. The van der Waals surface area contributed by atoms with Crippen LogP contribution in [0.4, 0.5) is 9.18 Å². The Kier molecular flexibility index (Phi) is 5.20. The van der Waals surface area contributed by atoms with Gasteiger partial charge in [0.15, 0.2) is 12.1 Å². The Morgan fingerprint density at radius 1 is 1.38 bits per heavy atom. The van der Waals surface area contributed by atoms with E-state index >= 15 is 0 Å². The Hall–Kier alpha value is -1.75. The van der Waals surface area contributed by atoms with E-state index in [9.17, 15) is 24.2 Å². The molecule has 0 aromatic carbocycles. The summed E-state index contributed by atoms with van der Waals surface area (Å²) in [6.45, 7) is 1.50. The fourth-order valence-electron chi connectivity index (χ4n) is 3.40. The number of hydrogen-bond acceptors (Lipinski definition) is 7. The van der Waals surface area contributed by atoms with Crippen LogP contribution in [0.15, 0.2) is 12.0 Å². The van der Waals surface area contributed by atoms with E-state index in [1.165, 1.54) is 6.92 Å². The largest absolute Gasteiger partial charge is 0.459 e. The topological polar surface area (TPSA) is 134 Å². The van der Waals surface area contributed by atoms with E-state index in [2.05, 4.69) is 5.32 Å². The first kappa shape index (κ1) is 19.0. The van der Waals surface area contributed by atoms with Gasteiger partial charge in [0.2, 0.25) is 5.66 Å². The molecule has 1 unspecified atom stereocenters. The number of aliphatic hydroxyl groups is 2. The normalized spacial score (nSPS) is 38.7. The van der Waals surface area contributed by atoms with Gasteiger partial charge in [-0.1, -0.05) is 6.42 Å². The summed E-state index contributed by atoms with van der Waals surface area (Å²) in [5, 5.41) is 21.8. The molecule has 1 saturated heterocycles. The van der Waals surface area contributed by atoms with Crippen molar-refractivity contribution in [2.45, 2.75) is 75.3 Å². The van der Waals surface area contributed by atoms with Crippen molar-refractivity contribution < 1.29 is 33.7 Å². The zero-order valence-electron chi connectivity index (χ0n) is 14.4. The second kappa shape index (κ2) is 7.10. The molecule has 2 fully saturated rings. The van der Waals surface area contributed by atoms with E-state index in [0.717, 1.165) is 24.2 Å². The molecule has 0 radical (unpaired) electrons. The number of ether oxygens (including phenoxy) is 2. The lowest BCUT2D eigenvalue weighted by molar-refractivity contribution is -0.158. The highest BCUT2D eigenvalue weighted by atomic mass is 19.1. The molecule has 0 aromatic rings. The molecular formula is C16H24FN3O6. The summed E-state index contributed by atoms with van der Waals surface area (Å²) in [5.74, 6) is -2.23. The van der Waals surface area contributed by atoms with Crippen LogP contribution >= 0.6 is 0 Å². The third-order valence-corrected chi connectivity index (χ3v) is 5.07. The number of rotatable bonds is 3. The fraction of sp³-hybridized carbons (Fsp3) is 0.750. The first-order valence-corrected chi connectivity index (χ1v) is 8.74. The average molecular weight is 373 g/mol. The predicted molar refractivity (Wildman–Crippen MR) is 85.8 cm³/mol. The van der Waals surface area contributed by atoms with Crippen molar-refractivity contribution in [2.75, 3.05) is 0 Å². The Morgan fingerprint density at radius 2 is 2.04 bits per heavy atom. The van der Waals surface area contributed by atoms with Gasteiger partial charge in [-0.25, -0.2) is 14.0 Å². The van der Waals surface area contributed by atoms with E-state index in [1.807, 2.05) is 0 Å². The molecule has 0 aromatic heterocycles. The molecule has 146 valence electrons. The van der Waals surface area contributed by atoms with Gasteiger partial charge in [-0.2, -0.15) is 0 Å². The standard InChI is InChI=1S/C16H24FN3O6/c1-8-11(21)12(22)13(25-8)20-7-10(17)16(18,19-15(20)24)14(23)26-9-5-3-2-4-6-9/h7-9,11-13,21-22H,2-6,18H2,1H3,(H,19,24)/t8-,11-,12-,13-,16?/m1/s1. The SMILES string of the molecule is C[C@H]1O[C@@H](N2C=C(F)C(N)(C(=O)OC3CCCCC3)NC2=O)[C@H](O)[C@@H]1O. The maximum absolute atomic E-state index is 14.6. The zero-order chi connectivity index (χ0) is 19.1. The summed E-state index contributed by atoms with van der Waals surface area (Å²) in [6.07, 6.45) is -0.160. The van der Waals surface area contributed by atoms with Crippen LogP contribution in [0.1, 0.15) is 39.0 Å². The summed E-state index contributed by atoms with van der Waals surface area (Å²) in [5.41, 5.74) is 3.34. The van der Waals surface area contributed by atoms with E-state index < -0.39 is 48.0 Å². The van der Waals surface area contributed by atoms with Gasteiger partial charge >= 0.3 is 12.0 Å². The van der Waals surface area contributed by atoms with E-state index in [4.69, 9.17) is 15.2 Å². The van der Waals surface area contributed by atoms with E-state index in [0.29, 0.717) is 19.0 Å².